The second kappa shape index (κ2) is 4.85. The summed E-state index contributed by atoms with van der Waals surface area (Å²) in [6.45, 7) is 6.08. The minimum atomic E-state index is -0.557. The van der Waals surface area contributed by atoms with Crippen LogP contribution in [-0.2, 0) is 5.54 Å². The molecule has 0 aliphatic carbocycles. The third-order valence-corrected chi connectivity index (χ3v) is 3.06. The van der Waals surface area contributed by atoms with Gasteiger partial charge in [-0.05, 0) is 44.4 Å². The summed E-state index contributed by atoms with van der Waals surface area (Å²) in [7, 11) is 1.64. The Hall–Kier alpha value is -1.06. The van der Waals surface area contributed by atoms with Gasteiger partial charge in [-0.25, -0.2) is 0 Å². The van der Waals surface area contributed by atoms with Crippen molar-refractivity contribution >= 4 is 0 Å². The molecule has 0 amide bonds. The SMILES string of the molecule is COc1cc(C)c(C)cc1C(C)(N)CCO. The molecule has 90 valence electrons. The Kier molecular flexibility index (Phi) is 3.94. The number of hydrogen-bond donors (Lipinski definition) is 2. The third-order valence-electron chi connectivity index (χ3n) is 3.06. The van der Waals surface area contributed by atoms with E-state index in [2.05, 4.69) is 0 Å². The molecule has 0 radical (unpaired) electrons. The van der Waals surface area contributed by atoms with E-state index in [-0.39, 0.29) is 6.61 Å². The van der Waals surface area contributed by atoms with Gasteiger partial charge in [-0.15, -0.1) is 0 Å². The van der Waals surface area contributed by atoms with Crippen molar-refractivity contribution in [3.63, 3.8) is 0 Å². The molecule has 0 saturated heterocycles. The highest BCUT2D eigenvalue weighted by Gasteiger charge is 2.25. The van der Waals surface area contributed by atoms with Crippen LogP contribution in [0.4, 0.5) is 0 Å². The highest BCUT2D eigenvalue weighted by molar-refractivity contribution is 5.45. The fourth-order valence-corrected chi connectivity index (χ4v) is 1.77. The number of ether oxygens (including phenoxy) is 1. The summed E-state index contributed by atoms with van der Waals surface area (Å²) in [4.78, 5) is 0. The van der Waals surface area contributed by atoms with Crippen molar-refractivity contribution in [2.75, 3.05) is 13.7 Å². The van der Waals surface area contributed by atoms with E-state index in [1.165, 1.54) is 11.1 Å². The maximum absolute atomic E-state index is 9.03. The first-order valence-electron chi connectivity index (χ1n) is 5.48. The van der Waals surface area contributed by atoms with Crippen LogP contribution in [0.3, 0.4) is 0 Å². The molecule has 1 unspecified atom stereocenters. The highest BCUT2D eigenvalue weighted by atomic mass is 16.5. The summed E-state index contributed by atoms with van der Waals surface area (Å²) in [6, 6.07) is 4.04. The lowest BCUT2D eigenvalue weighted by Crippen LogP contribution is -2.34. The first-order valence-corrected chi connectivity index (χ1v) is 5.48. The molecular weight excluding hydrogens is 202 g/mol. The Morgan fingerprint density at radius 3 is 2.38 bits per heavy atom. The van der Waals surface area contributed by atoms with Gasteiger partial charge in [0.2, 0.25) is 0 Å². The first-order chi connectivity index (χ1) is 7.42. The monoisotopic (exact) mass is 223 g/mol. The second-order valence-corrected chi connectivity index (χ2v) is 4.53. The lowest BCUT2D eigenvalue weighted by Gasteiger charge is -2.27. The number of rotatable bonds is 4. The van der Waals surface area contributed by atoms with Crippen molar-refractivity contribution in [2.45, 2.75) is 32.7 Å². The predicted octanol–water partition coefficient (Wildman–Crippen LogP) is 1.87. The van der Waals surface area contributed by atoms with Gasteiger partial charge in [0.25, 0.3) is 0 Å². The summed E-state index contributed by atoms with van der Waals surface area (Å²) >= 11 is 0. The fraction of sp³-hybridized carbons (Fsp3) is 0.538. The largest absolute Gasteiger partial charge is 0.496 e. The van der Waals surface area contributed by atoms with Crippen LogP contribution in [0.5, 0.6) is 5.75 Å². The van der Waals surface area contributed by atoms with Crippen LogP contribution in [-0.4, -0.2) is 18.8 Å². The van der Waals surface area contributed by atoms with E-state index < -0.39 is 5.54 Å². The van der Waals surface area contributed by atoms with E-state index in [0.29, 0.717) is 6.42 Å². The molecule has 16 heavy (non-hydrogen) atoms. The minimum Gasteiger partial charge on any atom is -0.496 e. The number of benzene rings is 1. The predicted molar refractivity (Wildman–Crippen MR) is 65.7 cm³/mol. The third kappa shape index (κ3) is 2.54. The van der Waals surface area contributed by atoms with Crippen molar-refractivity contribution < 1.29 is 9.84 Å². The molecule has 3 heteroatoms. The molecule has 1 aromatic rings. The van der Waals surface area contributed by atoms with E-state index in [1.54, 1.807) is 7.11 Å². The summed E-state index contributed by atoms with van der Waals surface area (Å²) in [5.74, 6) is 0.793. The number of nitrogens with two attached hydrogens (primary N) is 1. The molecule has 0 saturated carbocycles. The molecule has 0 fully saturated rings. The zero-order valence-electron chi connectivity index (χ0n) is 10.5. The number of hydrogen-bond acceptors (Lipinski definition) is 3. The summed E-state index contributed by atoms with van der Waals surface area (Å²) in [5.41, 5.74) is 8.96. The molecule has 0 spiro atoms. The number of methoxy groups -OCH3 is 1. The lowest BCUT2D eigenvalue weighted by atomic mass is 9.87. The molecule has 1 rings (SSSR count). The highest BCUT2D eigenvalue weighted by Crippen LogP contribution is 2.32. The van der Waals surface area contributed by atoms with Crippen LogP contribution < -0.4 is 10.5 Å². The molecule has 3 nitrogen and oxygen atoms in total. The van der Waals surface area contributed by atoms with Crippen LogP contribution in [0.1, 0.15) is 30.0 Å². The molecule has 0 aliphatic heterocycles. The van der Waals surface area contributed by atoms with E-state index >= 15 is 0 Å². The Bertz CT molecular complexity index is 372. The van der Waals surface area contributed by atoms with Gasteiger partial charge in [0.15, 0.2) is 0 Å². The average Bonchev–Trinajstić information content (AvgIpc) is 2.21. The molecular formula is C13H21NO2. The Morgan fingerprint density at radius 2 is 1.88 bits per heavy atom. The second-order valence-electron chi connectivity index (χ2n) is 4.53. The maximum atomic E-state index is 9.03. The Labute approximate surface area is 97.2 Å². The van der Waals surface area contributed by atoms with Crippen LogP contribution in [0.25, 0.3) is 0 Å². The van der Waals surface area contributed by atoms with Gasteiger partial charge in [0, 0.05) is 17.7 Å². The van der Waals surface area contributed by atoms with Gasteiger partial charge in [0.1, 0.15) is 5.75 Å². The van der Waals surface area contributed by atoms with Crippen LogP contribution in [0.2, 0.25) is 0 Å². The topological polar surface area (TPSA) is 55.5 Å². The van der Waals surface area contributed by atoms with Crippen LogP contribution in [0.15, 0.2) is 12.1 Å². The van der Waals surface area contributed by atoms with Crippen molar-refractivity contribution in [1.82, 2.24) is 0 Å². The Morgan fingerprint density at radius 1 is 1.31 bits per heavy atom. The number of aliphatic hydroxyl groups is 1. The van der Waals surface area contributed by atoms with E-state index in [4.69, 9.17) is 15.6 Å². The van der Waals surface area contributed by atoms with Crippen LogP contribution >= 0.6 is 0 Å². The molecule has 0 heterocycles. The van der Waals surface area contributed by atoms with Gasteiger partial charge in [0.05, 0.1) is 7.11 Å². The van der Waals surface area contributed by atoms with Crippen molar-refractivity contribution in [3.8, 4) is 5.75 Å². The molecule has 3 N–H and O–H groups in total. The van der Waals surface area contributed by atoms with E-state index in [9.17, 15) is 0 Å². The number of aryl methyl sites for hydroxylation is 2. The molecule has 0 bridgehead atoms. The van der Waals surface area contributed by atoms with E-state index in [1.807, 2.05) is 32.9 Å². The number of aliphatic hydroxyl groups excluding tert-OH is 1. The first kappa shape index (κ1) is 13.0. The maximum Gasteiger partial charge on any atom is 0.124 e. The summed E-state index contributed by atoms with van der Waals surface area (Å²) in [6.07, 6.45) is 0.520. The van der Waals surface area contributed by atoms with Gasteiger partial charge in [-0.2, -0.15) is 0 Å². The van der Waals surface area contributed by atoms with Crippen molar-refractivity contribution in [2.24, 2.45) is 5.73 Å². The van der Waals surface area contributed by atoms with Crippen LogP contribution in [0, 0.1) is 13.8 Å². The normalized spacial score (nSPS) is 14.6. The van der Waals surface area contributed by atoms with Gasteiger partial charge in [-0.3, -0.25) is 0 Å². The van der Waals surface area contributed by atoms with E-state index in [0.717, 1.165) is 11.3 Å². The fourth-order valence-electron chi connectivity index (χ4n) is 1.77. The van der Waals surface area contributed by atoms with Crippen molar-refractivity contribution in [3.05, 3.63) is 28.8 Å². The zero-order valence-corrected chi connectivity index (χ0v) is 10.5. The Balaban J connectivity index is 3.26. The van der Waals surface area contributed by atoms with Gasteiger partial charge >= 0.3 is 0 Å². The zero-order chi connectivity index (χ0) is 12.3. The quantitative estimate of drug-likeness (QED) is 0.819. The molecule has 1 aromatic carbocycles. The van der Waals surface area contributed by atoms with Gasteiger partial charge in [-0.1, -0.05) is 6.07 Å². The standard InChI is InChI=1S/C13H21NO2/c1-9-7-11(13(3,14)5-6-15)12(16-4)8-10(9)2/h7-8,15H,5-6,14H2,1-4H3. The smallest absolute Gasteiger partial charge is 0.124 e. The lowest BCUT2D eigenvalue weighted by molar-refractivity contribution is 0.244. The average molecular weight is 223 g/mol. The molecule has 0 aliphatic rings. The van der Waals surface area contributed by atoms with Gasteiger partial charge < -0.3 is 15.6 Å². The summed E-state index contributed by atoms with van der Waals surface area (Å²) < 4.78 is 5.35. The minimum absolute atomic E-state index is 0.0725. The molecule has 0 aromatic heterocycles. The van der Waals surface area contributed by atoms with Crippen molar-refractivity contribution in [1.29, 1.82) is 0 Å². The summed E-state index contributed by atoms with van der Waals surface area (Å²) in [5, 5.41) is 9.03. The molecule has 1 atom stereocenters.